The van der Waals surface area contributed by atoms with E-state index in [-0.39, 0.29) is 17.2 Å². The number of aliphatic hydroxyl groups is 1. The van der Waals surface area contributed by atoms with E-state index in [9.17, 15) is 9.90 Å². The van der Waals surface area contributed by atoms with Gasteiger partial charge in [0.05, 0.1) is 23.9 Å². The fourth-order valence-corrected chi connectivity index (χ4v) is 3.94. The maximum absolute atomic E-state index is 12.3. The standard InChI is InChI=1S/C20H31N3O4/c1-14(2)5-8-23-9-6-20(7-10-23)13-19(4,25)17(12-26-20)21-18(24)16-11-15(3)27-22-16/h5,11,17,25H,6-10,12-13H2,1-4H3,(H,21,24)/t17-,19-/m0/s1. The Morgan fingerprint density at radius 2 is 2.15 bits per heavy atom. The van der Waals surface area contributed by atoms with E-state index in [1.54, 1.807) is 19.9 Å². The third-order valence-electron chi connectivity index (χ3n) is 5.68. The molecule has 2 fully saturated rings. The number of nitrogens with zero attached hydrogens (tertiary/aromatic N) is 2. The highest BCUT2D eigenvalue weighted by molar-refractivity contribution is 5.92. The molecule has 0 unspecified atom stereocenters. The molecule has 7 heteroatoms. The molecular weight excluding hydrogens is 346 g/mol. The summed E-state index contributed by atoms with van der Waals surface area (Å²) >= 11 is 0. The van der Waals surface area contributed by atoms with Crippen LogP contribution in [0.15, 0.2) is 22.2 Å². The number of aryl methyl sites for hydroxylation is 1. The fraction of sp³-hybridized carbons (Fsp3) is 0.700. The zero-order chi connectivity index (χ0) is 19.7. The van der Waals surface area contributed by atoms with Crippen molar-refractivity contribution in [2.45, 2.75) is 64.2 Å². The van der Waals surface area contributed by atoms with Crippen molar-refractivity contribution in [3.05, 3.63) is 29.2 Å². The first-order chi connectivity index (χ1) is 12.7. The van der Waals surface area contributed by atoms with Crippen molar-refractivity contribution in [2.75, 3.05) is 26.2 Å². The molecule has 2 atom stereocenters. The van der Waals surface area contributed by atoms with Crippen molar-refractivity contribution in [2.24, 2.45) is 0 Å². The highest BCUT2D eigenvalue weighted by atomic mass is 16.5. The van der Waals surface area contributed by atoms with E-state index in [0.29, 0.717) is 18.8 Å². The first-order valence-corrected chi connectivity index (χ1v) is 9.65. The maximum atomic E-state index is 12.3. The second-order valence-electron chi connectivity index (χ2n) is 8.46. The van der Waals surface area contributed by atoms with Crippen molar-refractivity contribution < 1.29 is 19.2 Å². The Morgan fingerprint density at radius 1 is 1.44 bits per heavy atom. The van der Waals surface area contributed by atoms with Crippen LogP contribution in [0.2, 0.25) is 0 Å². The quantitative estimate of drug-likeness (QED) is 0.781. The Labute approximate surface area is 160 Å². The molecule has 0 aromatic carbocycles. The Balaban J connectivity index is 1.57. The van der Waals surface area contributed by atoms with Crippen LogP contribution in [0.3, 0.4) is 0 Å². The first-order valence-electron chi connectivity index (χ1n) is 9.65. The van der Waals surface area contributed by atoms with Crippen LogP contribution in [0.25, 0.3) is 0 Å². The van der Waals surface area contributed by atoms with Crippen molar-refractivity contribution in [3.63, 3.8) is 0 Å². The van der Waals surface area contributed by atoms with Crippen molar-refractivity contribution in [1.82, 2.24) is 15.4 Å². The molecule has 2 aliphatic heterocycles. The van der Waals surface area contributed by atoms with Gasteiger partial charge in [0.1, 0.15) is 5.76 Å². The molecule has 1 aromatic heterocycles. The smallest absolute Gasteiger partial charge is 0.273 e. The normalized spacial score (nSPS) is 28.1. The highest BCUT2D eigenvalue weighted by Crippen LogP contribution is 2.39. The third kappa shape index (κ3) is 4.78. The summed E-state index contributed by atoms with van der Waals surface area (Å²) in [7, 11) is 0. The zero-order valence-electron chi connectivity index (χ0n) is 16.7. The molecule has 3 rings (SSSR count). The molecule has 1 spiro atoms. The van der Waals surface area contributed by atoms with Gasteiger partial charge < -0.3 is 19.7 Å². The maximum Gasteiger partial charge on any atom is 0.273 e. The van der Waals surface area contributed by atoms with E-state index in [0.717, 1.165) is 32.5 Å². The molecule has 27 heavy (non-hydrogen) atoms. The summed E-state index contributed by atoms with van der Waals surface area (Å²) in [6.45, 7) is 10.9. The Morgan fingerprint density at radius 3 is 2.70 bits per heavy atom. The molecule has 150 valence electrons. The average molecular weight is 377 g/mol. The number of carbonyl (C=O) groups excluding carboxylic acids is 1. The van der Waals surface area contributed by atoms with E-state index in [2.05, 4.69) is 35.3 Å². The number of hydrogen-bond donors (Lipinski definition) is 2. The van der Waals surface area contributed by atoms with Gasteiger partial charge in [-0.15, -0.1) is 0 Å². The van der Waals surface area contributed by atoms with Crippen LogP contribution in [-0.2, 0) is 4.74 Å². The van der Waals surface area contributed by atoms with Gasteiger partial charge in [0.2, 0.25) is 0 Å². The molecule has 0 radical (unpaired) electrons. The Bertz CT molecular complexity index is 698. The lowest BCUT2D eigenvalue weighted by atomic mass is 9.75. The molecule has 1 aromatic rings. The summed E-state index contributed by atoms with van der Waals surface area (Å²) in [6.07, 6.45) is 4.54. The van der Waals surface area contributed by atoms with Gasteiger partial charge in [0.25, 0.3) is 5.91 Å². The number of amides is 1. The summed E-state index contributed by atoms with van der Waals surface area (Å²) in [6, 6.07) is 1.11. The Kier molecular flexibility index (Phi) is 5.74. The van der Waals surface area contributed by atoms with Crippen LogP contribution < -0.4 is 5.32 Å². The van der Waals surface area contributed by atoms with E-state index in [1.807, 2.05) is 0 Å². The van der Waals surface area contributed by atoms with Gasteiger partial charge in [-0.1, -0.05) is 16.8 Å². The predicted molar refractivity (Wildman–Crippen MR) is 102 cm³/mol. The number of aromatic nitrogens is 1. The minimum absolute atomic E-state index is 0.219. The van der Waals surface area contributed by atoms with Crippen LogP contribution in [0.4, 0.5) is 0 Å². The number of rotatable bonds is 4. The van der Waals surface area contributed by atoms with Gasteiger partial charge in [0, 0.05) is 32.1 Å². The number of piperidine rings is 1. The van der Waals surface area contributed by atoms with Gasteiger partial charge in [-0.25, -0.2) is 0 Å². The molecule has 0 aliphatic carbocycles. The van der Waals surface area contributed by atoms with Crippen LogP contribution in [-0.4, -0.2) is 64.6 Å². The van der Waals surface area contributed by atoms with Crippen molar-refractivity contribution >= 4 is 5.91 Å². The lowest BCUT2D eigenvalue weighted by molar-refractivity contribution is -0.185. The molecular formula is C20H31N3O4. The monoisotopic (exact) mass is 377 g/mol. The molecule has 2 N–H and O–H groups in total. The zero-order valence-corrected chi connectivity index (χ0v) is 16.7. The minimum atomic E-state index is -1.03. The number of nitrogens with one attached hydrogen (secondary N) is 1. The van der Waals surface area contributed by atoms with Crippen LogP contribution >= 0.6 is 0 Å². The SMILES string of the molecule is CC(C)=CCN1CCC2(CC1)C[C@](C)(O)[C@@H](NC(=O)c1cc(C)on1)CO2. The average Bonchev–Trinajstić information content (AvgIpc) is 3.03. The predicted octanol–water partition coefficient (Wildman–Crippen LogP) is 2.05. The number of likely N-dealkylation sites (tertiary alicyclic amines) is 1. The number of ether oxygens (including phenoxy) is 1. The molecule has 0 saturated carbocycles. The third-order valence-corrected chi connectivity index (χ3v) is 5.68. The minimum Gasteiger partial charge on any atom is -0.388 e. The lowest BCUT2D eigenvalue weighted by Gasteiger charge is -2.51. The highest BCUT2D eigenvalue weighted by Gasteiger charge is 2.49. The van der Waals surface area contributed by atoms with Crippen LogP contribution in [0, 0.1) is 6.92 Å². The lowest BCUT2D eigenvalue weighted by Crippen LogP contribution is -2.64. The fourth-order valence-electron chi connectivity index (χ4n) is 3.94. The van der Waals surface area contributed by atoms with Crippen LogP contribution in [0.1, 0.15) is 56.3 Å². The molecule has 2 aliphatic rings. The van der Waals surface area contributed by atoms with Crippen molar-refractivity contribution in [1.29, 1.82) is 0 Å². The van der Waals surface area contributed by atoms with Gasteiger partial charge >= 0.3 is 0 Å². The topological polar surface area (TPSA) is 87.8 Å². The summed E-state index contributed by atoms with van der Waals surface area (Å²) in [5, 5.41) is 17.6. The second kappa shape index (κ2) is 7.73. The number of carbonyl (C=O) groups is 1. The molecule has 1 amide bonds. The van der Waals surface area contributed by atoms with Gasteiger partial charge in [-0.05, 0) is 40.5 Å². The van der Waals surface area contributed by atoms with E-state index < -0.39 is 11.6 Å². The molecule has 7 nitrogen and oxygen atoms in total. The van der Waals surface area contributed by atoms with Gasteiger partial charge in [-0.2, -0.15) is 0 Å². The Hall–Kier alpha value is -1.70. The molecule has 3 heterocycles. The summed E-state index contributed by atoms with van der Waals surface area (Å²) in [5.41, 5.74) is 0.204. The summed E-state index contributed by atoms with van der Waals surface area (Å²) in [5.74, 6) is 0.221. The molecule has 0 bridgehead atoms. The van der Waals surface area contributed by atoms with E-state index in [1.165, 1.54) is 5.57 Å². The largest absolute Gasteiger partial charge is 0.388 e. The summed E-state index contributed by atoms with van der Waals surface area (Å²) < 4.78 is 11.2. The number of allylic oxidation sites excluding steroid dienone is 1. The van der Waals surface area contributed by atoms with Gasteiger partial charge in [0.15, 0.2) is 5.69 Å². The van der Waals surface area contributed by atoms with Crippen LogP contribution in [0.5, 0.6) is 0 Å². The number of hydrogen-bond acceptors (Lipinski definition) is 6. The van der Waals surface area contributed by atoms with E-state index >= 15 is 0 Å². The first kappa shape index (κ1) is 20.0. The molecule has 2 saturated heterocycles. The second-order valence-corrected chi connectivity index (χ2v) is 8.46. The van der Waals surface area contributed by atoms with Gasteiger partial charge in [-0.3, -0.25) is 9.69 Å². The van der Waals surface area contributed by atoms with Crippen molar-refractivity contribution in [3.8, 4) is 0 Å². The van der Waals surface area contributed by atoms with E-state index in [4.69, 9.17) is 9.26 Å². The summed E-state index contributed by atoms with van der Waals surface area (Å²) in [4.78, 5) is 14.8.